The minimum absolute atomic E-state index is 0.322. The number of nitrogens with zero attached hydrogens (tertiary/aromatic N) is 2. The Kier molecular flexibility index (Phi) is 7.20. The van der Waals surface area contributed by atoms with Crippen LogP contribution in [0.5, 0.6) is 0 Å². The van der Waals surface area contributed by atoms with Gasteiger partial charge in [-0.1, -0.05) is 54.9 Å². The number of carbonyl (C=O) groups is 2. The monoisotopic (exact) mass is 468 g/mol. The van der Waals surface area contributed by atoms with Crippen LogP contribution in [0.25, 0.3) is 0 Å². The third-order valence-electron chi connectivity index (χ3n) is 6.23. The summed E-state index contributed by atoms with van der Waals surface area (Å²) in [5, 5.41) is 6.48. The van der Waals surface area contributed by atoms with Crippen molar-refractivity contribution in [2.75, 3.05) is 44.7 Å². The molecule has 0 radical (unpaired) electrons. The fraction of sp³-hybridized carbons (Fsp3) is 0.360. The van der Waals surface area contributed by atoms with E-state index in [-0.39, 0.29) is 6.03 Å². The lowest BCUT2D eigenvalue weighted by molar-refractivity contribution is -0.136. The van der Waals surface area contributed by atoms with Crippen molar-refractivity contribution < 1.29 is 14.3 Å². The molecule has 0 spiro atoms. The molecule has 2 aliphatic rings. The normalized spacial score (nSPS) is 19.2. The molecule has 8 heteroatoms. The average molecular weight is 469 g/mol. The van der Waals surface area contributed by atoms with Crippen LogP contribution >= 0.6 is 11.6 Å². The highest BCUT2D eigenvalue weighted by atomic mass is 35.5. The summed E-state index contributed by atoms with van der Waals surface area (Å²) < 4.78 is 5.10. The Morgan fingerprint density at radius 1 is 1.09 bits per heavy atom. The van der Waals surface area contributed by atoms with Crippen LogP contribution in [-0.2, 0) is 16.0 Å². The molecular weight excluding hydrogens is 440 g/mol. The van der Waals surface area contributed by atoms with Gasteiger partial charge < -0.3 is 20.3 Å². The Labute approximate surface area is 199 Å². The van der Waals surface area contributed by atoms with Crippen molar-refractivity contribution in [1.82, 2.24) is 15.5 Å². The van der Waals surface area contributed by atoms with Crippen molar-refractivity contribution in [2.24, 2.45) is 0 Å². The molecule has 0 saturated carbocycles. The number of anilines is 1. The molecule has 0 aliphatic carbocycles. The topological polar surface area (TPSA) is 73.9 Å². The molecular formula is C25H29ClN4O3. The number of methoxy groups -OCH3 is 1. The lowest BCUT2D eigenvalue weighted by atomic mass is 9.94. The van der Waals surface area contributed by atoms with Crippen molar-refractivity contribution >= 4 is 29.3 Å². The van der Waals surface area contributed by atoms with Crippen LogP contribution in [-0.4, -0.2) is 56.7 Å². The van der Waals surface area contributed by atoms with E-state index >= 15 is 0 Å². The Morgan fingerprint density at radius 3 is 2.42 bits per heavy atom. The zero-order valence-electron chi connectivity index (χ0n) is 18.9. The maximum absolute atomic E-state index is 12.8. The van der Waals surface area contributed by atoms with E-state index in [1.54, 1.807) is 0 Å². The van der Waals surface area contributed by atoms with Crippen LogP contribution in [0.1, 0.15) is 24.1 Å². The Hall–Kier alpha value is -3.03. The van der Waals surface area contributed by atoms with Crippen LogP contribution in [0, 0.1) is 0 Å². The SMILES string of the molecule is CCc1ccc(C2NC(=O)NC(CN3CCN(c4ccccc4Cl)CC3)=C2C(=O)OC)cc1. The fourth-order valence-corrected chi connectivity index (χ4v) is 4.62. The van der Waals surface area contributed by atoms with E-state index < -0.39 is 12.0 Å². The van der Waals surface area contributed by atoms with Gasteiger partial charge in [0, 0.05) is 38.4 Å². The Bertz CT molecular complexity index is 1050. The summed E-state index contributed by atoms with van der Waals surface area (Å²) in [6, 6.07) is 14.9. The van der Waals surface area contributed by atoms with E-state index in [1.807, 2.05) is 48.5 Å². The van der Waals surface area contributed by atoms with Crippen molar-refractivity contribution in [3.05, 3.63) is 76.0 Å². The molecule has 2 N–H and O–H groups in total. The third kappa shape index (κ3) is 5.15. The van der Waals surface area contributed by atoms with Crippen molar-refractivity contribution in [3.8, 4) is 0 Å². The minimum atomic E-state index is -0.559. The largest absolute Gasteiger partial charge is 0.466 e. The second-order valence-corrected chi connectivity index (χ2v) is 8.63. The number of esters is 1. The summed E-state index contributed by atoms with van der Waals surface area (Å²) in [6.07, 6.45) is 0.921. The average Bonchev–Trinajstić information content (AvgIpc) is 2.84. The number of rotatable bonds is 6. The van der Waals surface area contributed by atoms with E-state index in [0.29, 0.717) is 17.8 Å². The predicted octanol–water partition coefficient (Wildman–Crippen LogP) is 3.51. The molecule has 2 aliphatic heterocycles. The first-order valence-electron chi connectivity index (χ1n) is 11.2. The molecule has 1 unspecified atom stereocenters. The van der Waals surface area contributed by atoms with Crippen LogP contribution in [0.4, 0.5) is 10.5 Å². The highest BCUT2D eigenvalue weighted by molar-refractivity contribution is 6.33. The number of hydrogen-bond acceptors (Lipinski definition) is 5. The summed E-state index contributed by atoms with van der Waals surface area (Å²) in [5.74, 6) is -0.447. The van der Waals surface area contributed by atoms with Crippen LogP contribution in [0.2, 0.25) is 5.02 Å². The number of hydrogen-bond donors (Lipinski definition) is 2. The zero-order valence-corrected chi connectivity index (χ0v) is 19.7. The maximum atomic E-state index is 12.8. The predicted molar refractivity (Wildman–Crippen MR) is 129 cm³/mol. The second kappa shape index (κ2) is 10.3. The molecule has 33 heavy (non-hydrogen) atoms. The molecule has 174 valence electrons. The molecule has 4 rings (SSSR count). The summed E-state index contributed by atoms with van der Waals surface area (Å²) in [4.78, 5) is 29.8. The molecule has 0 aromatic heterocycles. The number of benzene rings is 2. The van der Waals surface area contributed by atoms with E-state index in [4.69, 9.17) is 16.3 Å². The fourth-order valence-electron chi connectivity index (χ4n) is 4.37. The number of aryl methyl sites for hydroxylation is 1. The lowest BCUT2D eigenvalue weighted by Crippen LogP contribution is -2.51. The first-order valence-corrected chi connectivity index (χ1v) is 11.6. The van der Waals surface area contributed by atoms with E-state index in [9.17, 15) is 9.59 Å². The van der Waals surface area contributed by atoms with E-state index in [2.05, 4.69) is 27.4 Å². The van der Waals surface area contributed by atoms with Gasteiger partial charge in [-0.15, -0.1) is 0 Å². The van der Waals surface area contributed by atoms with Crippen molar-refractivity contribution in [2.45, 2.75) is 19.4 Å². The van der Waals surface area contributed by atoms with Gasteiger partial charge in [-0.2, -0.15) is 0 Å². The molecule has 7 nitrogen and oxygen atoms in total. The maximum Gasteiger partial charge on any atom is 0.338 e. The van der Waals surface area contributed by atoms with Crippen molar-refractivity contribution in [3.63, 3.8) is 0 Å². The van der Waals surface area contributed by atoms with Crippen LogP contribution in [0.15, 0.2) is 59.8 Å². The van der Waals surface area contributed by atoms with Gasteiger partial charge in [0.15, 0.2) is 0 Å². The molecule has 2 aromatic carbocycles. The zero-order chi connectivity index (χ0) is 23.4. The summed E-state index contributed by atoms with van der Waals surface area (Å²) in [6.45, 7) is 5.71. The van der Waals surface area contributed by atoms with Gasteiger partial charge >= 0.3 is 12.0 Å². The molecule has 2 amide bonds. The molecule has 2 aromatic rings. The smallest absolute Gasteiger partial charge is 0.338 e. The summed E-state index contributed by atoms with van der Waals surface area (Å²) >= 11 is 6.36. The van der Waals surface area contributed by atoms with Gasteiger partial charge in [0.2, 0.25) is 0 Å². The first-order chi connectivity index (χ1) is 16.0. The van der Waals surface area contributed by atoms with Crippen LogP contribution < -0.4 is 15.5 Å². The number of piperazine rings is 1. The minimum Gasteiger partial charge on any atom is -0.466 e. The highest BCUT2D eigenvalue weighted by Gasteiger charge is 2.34. The first kappa shape index (κ1) is 23.1. The van der Waals surface area contributed by atoms with E-state index in [1.165, 1.54) is 12.7 Å². The number of carbonyl (C=O) groups excluding carboxylic acids is 2. The quantitative estimate of drug-likeness (QED) is 0.635. The molecule has 1 saturated heterocycles. The Morgan fingerprint density at radius 2 is 1.79 bits per heavy atom. The van der Waals surface area contributed by atoms with Crippen molar-refractivity contribution in [1.29, 1.82) is 0 Å². The number of amides is 2. The third-order valence-corrected chi connectivity index (χ3v) is 6.55. The summed E-state index contributed by atoms with van der Waals surface area (Å²) in [7, 11) is 1.36. The Balaban J connectivity index is 1.54. The van der Waals surface area contributed by atoms with Gasteiger partial charge in [0.05, 0.1) is 29.4 Å². The van der Waals surface area contributed by atoms with Gasteiger partial charge in [0.1, 0.15) is 0 Å². The molecule has 2 heterocycles. The lowest BCUT2D eigenvalue weighted by Gasteiger charge is -2.38. The van der Waals surface area contributed by atoms with Crippen LogP contribution in [0.3, 0.4) is 0 Å². The van der Waals surface area contributed by atoms with E-state index in [0.717, 1.165) is 48.9 Å². The number of urea groups is 1. The van der Waals surface area contributed by atoms with Gasteiger partial charge in [-0.3, -0.25) is 4.90 Å². The number of para-hydroxylation sites is 1. The molecule has 1 atom stereocenters. The number of ether oxygens (including phenoxy) is 1. The standard InChI is InChI=1S/C25H29ClN4O3/c1-3-17-8-10-18(11-9-17)23-22(24(31)33-2)20(27-25(32)28-23)16-29-12-14-30(15-13-29)21-7-5-4-6-19(21)26/h4-11,23H,3,12-16H2,1-2H3,(H2,27,28,32). The second-order valence-electron chi connectivity index (χ2n) is 8.23. The van der Waals surface area contributed by atoms with Gasteiger partial charge in [-0.05, 0) is 29.7 Å². The highest BCUT2D eigenvalue weighted by Crippen LogP contribution is 2.29. The molecule has 0 bridgehead atoms. The van der Waals surface area contributed by atoms with Gasteiger partial charge in [0.25, 0.3) is 0 Å². The number of nitrogens with one attached hydrogen (secondary N) is 2. The molecule has 1 fully saturated rings. The summed E-state index contributed by atoms with van der Waals surface area (Å²) in [5.41, 5.74) is 4.10. The number of halogens is 1. The van der Waals surface area contributed by atoms with Gasteiger partial charge in [-0.25, -0.2) is 9.59 Å².